The van der Waals surface area contributed by atoms with Crippen molar-refractivity contribution in [2.45, 2.75) is 45.3 Å². The lowest BCUT2D eigenvalue weighted by Crippen LogP contribution is -2.69. The largest absolute Gasteiger partial charge is 0.467 e. The summed E-state index contributed by atoms with van der Waals surface area (Å²) in [6.45, 7) is 6.16. The molecule has 1 N–H and O–H groups in total. The van der Waals surface area contributed by atoms with E-state index in [-0.39, 0.29) is 35.0 Å². The highest BCUT2D eigenvalue weighted by Gasteiger charge is 2.62. The zero-order valence-corrected chi connectivity index (χ0v) is 17.6. The van der Waals surface area contributed by atoms with Crippen molar-refractivity contribution in [2.75, 3.05) is 26.2 Å². The maximum Gasteiger partial charge on any atom is 0.258 e. The summed E-state index contributed by atoms with van der Waals surface area (Å²) in [5, 5.41) is 3.17. The van der Waals surface area contributed by atoms with Crippen LogP contribution in [-0.2, 0) is 9.59 Å². The van der Waals surface area contributed by atoms with Gasteiger partial charge < -0.3 is 19.9 Å². The first-order valence-electron chi connectivity index (χ1n) is 11.0. The Morgan fingerprint density at radius 3 is 2.53 bits per heavy atom. The van der Waals surface area contributed by atoms with Gasteiger partial charge in [-0.25, -0.2) is 0 Å². The number of rotatable bonds is 1. The van der Waals surface area contributed by atoms with Crippen LogP contribution in [0.5, 0.6) is 5.75 Å². The molecule has 7 nitrogen and oxygen atoms in total. The Labute approximate surface area is 176 Å². The quantitative estimate of drug-likeness (QED) is 0.767. The molecule has 1 saturated heterocycles. The Balaban J connectivity index is 1.35. The molecule has 30 heavy (non-hydrogen) atoms. The number of hydrogen-bond donors (Lipinski definition) is 1. The number of carbonyl (C=O) groups is 3. The second-order valence-electron chi connectivity index (χ2n) is 9.63. The third-order valence-electron chi connectivity index (χ3n) is 7.83. The van der Waals surface area contributed by atoms with Crippen molar-refractivity contribution in [1.82, 2.24) is 15.1 Å². The second kappa shape index (κ2) is 6.72. The van der Waals surface area contributed by atoms with Crippen molar-refractivity contribution < 1.29 is 19.1 Å². The number of carbonyl (C=O) groups excluding carboxylic acids is 3. The van der Waals surface area contributed by atoms with Crippen molar-refractivity contribution >= 4 is 17.7 Å². The average Bonchev–Trinajstić information content (AvgIpc) is 2.73. The fourth-order valence-electron chi connectivity index (χ4n) is 6.10. The van der Waals surface area contributed by atoms with Gasteiger partial charge in [-0.2, -0.15) is 0 Å². The van der Waals surface area contributed by atoms with E-state index in [0.717, 1.165) is 19.3 Å². The fourth-order valence-corrected chi connectivity index (χ4v) is 6.10. The molecule has 2 bridgehead atoms. The Morgan fingerprint density at radius 1 is 1.13 bits per heavy atom. The summed E-state index contributed by atoms with van der Waals surface area (Å²) in [5.41, 5.74) is -0.364. The van der Waals surface area contributed by atoms with E-state index in [1.807, 2.05) is 23.1 Å². The maximum atomic E-state index is 13.5. The lowest BCUT2D eigenvalue weighted by Gasteiger charge is -2.60. The van der Waals surface area contributed by atoms with Gasteiger partial charge in [0.2, 0.25) is 11.8 Å². The first-order chi connectivity index (χ1) is 14.3. The molecule has 160 valence electrons. The summed E-state index contributed by atoms with van der Waals surface area (Å²) in [5.74, 6) is 0.866. The number of benzene rings is 1. The molecule has 1 spiro atoms. The van der Waals surface area contributed by atoms with E-state index in [4.69, 9.17) is 4.74 Å². The molecule has 0 radical (unpaired) electrons. The van der Waals surface area contributed by atoms with Gasteiger partial charge in [0.05, 0.1) is 5.56 Å². The Kier molecular flexibility index (Phi) is 4.35. The average molecular weight is 412 g/mol. The number of nitrogens with one attached hydrogen (secondary N) is 1. The van der Waals surface area contributed by atoms with E-state index < -0.39 is 5.72 Å². The van der Waals surface area contributed by atoms with Crippen LogP contribution < -0.4 is 10.1 Å². The molecule has 3 aliphatic carbocycles. The molecule has 1 aromatic rings. The number of ether oxygens (including phenoxy) is 1. The van der Waals surface area contributed by atoms with Crippen LogP contribution in [0.3, 0.4) is 0 Å². The number of para-hydroxylation sites is 1. The molecule has 6 rings (SSSR count). The van der Waals surface area contributed by atoms with Crippen molar-refractivity contribution in [3.63, 3.8) is 0 Å². The van der Waals surface area contributed by atoms with Gasteiger partial charge in [0.25, 0.3) is 5.91 Å². The highest BCUT2D eigenvalue weighted by molar-refractivity contribution is 5.98. The molecule has 4 fully saturated rings. The Hall–Kier alpha value is -2.57. The van der Waals surface area contributed by atoms with Crippen LogP contribution in [0.2, 0.25) is 0 Å². The molecule has 7 heteroatoms. The molecule has 2 heterocycles. The van der Waals surface area contributed by atoms with Crippen LogP contribution in [0, 0.1) is 17.3 Å². The normalized spacial score (nSPS) is 34.9. The number of fused-ring (bicyclic) bond motifs is 3. The maximum absolute atomic E-state index is 13.5. The summed E-state index contributed by atoms with van der Waals surface area (Å²) >= 11 is 0. The van der Waals surface area contributed by atoms with Crippen LogP contribution in [0.1, 0.15) is 49.9 Å². The molecule has 0 aromatic heterocycles. The van der Waals surface area contributed by atoms with E-state index in [1.54, 1.807) is 17.9 Å². The van der Waals surface area contributed by atoms with E-state index in [9.17, 15) is 14.4 Å². The standard InChI is InChI=1S/C23H29N3O4/c1-15(27)25-9-11-26(12-10-25)21(29)18-13-16-7-8-22(18,2)14-23(16)24-20(28)17-5-3-4-6-19(17)30-23/h3-6,16,18H,7-14H2,1-2H3,(H,24,28). The predicted octanol–water partition coefficient (Wildman–Crippen LogP) is 2.02. The van der Waals surface area contributed by atoms with Crippen molar-refractivity contribution in [3.8, 4) is 5.75 Å². The highest BCUT2D eigenvalue weighted by atomic mass is 16.5. The molecular formula is C23H29N3O4. The van der Waals surface area contributed by atoms with Gasteiger partial charge in [-0.05, 0) is 36.8 Å². The van der Waals surface area contributed by atoms with Gasteiger partial charge in [0.15, 0.2) is 5.72 Å². The van der Waals surface area contributed by atoms with Crippen LogP contribution in [-0.4, -0.2) is 59.4 Å². The van der Waals surface area contributed by atoms with Crippen molar-refractivity contribution in [3.05, 3.63) is 29.8 Å². The zero-order valence-electron chi connectivity index (χ0n) is 17.6. The molecule has 4 atom stereocenters. The zero-order chi connectivity index (χ0) is 21.1. The topological polar surface area (TPSA) is 79.0 Å². The lowest BCUT2D eigenvalue weighted by atomic mass is 9.52. The first kappa shape index (κ1) is 19.4. The number of piperazine rings is 1. The van der Waals surface area contributed by atoms with Crippen LogP contribution in [0.25, 0.3) is 0 Å². The molecule has 3 saturated carbocycles. The Morgan fingerprint density at radius 2 is 1.83 bits per heavy atom. The molecule has 5 aliphatic rings. The third kappa shape index (κ3) is 2.89. The minimum atomic E-state index is -0.720. The SMILES string of the molecule is CC(=O)N1CCN(C(=O)C2CC3CCC2(C)CC32NC(=O)c3ccccc3O2)CC1. The monoisotopic (exact) mass is 411 g/mol. The van der Waals surface area contributed by atoms with Gasteiger partial charge >= 0.3 is 0 Å². The summed E-state index contributed by atoms with van der Waals surface area (Å²) in [6.07, 6.45) is 3.28. The second-order valence-corrected chi connectivity index (χ2v) is 9.63. The smallest absolute Gasteiger partial charge is 0.258 e. The predicted molar refractivity (Wildman–Crippen MR) is 110 cm³/mol. The van der Waals surface area contributed by atoms with E-state index in [0.29, 0.717) is 43.9 Å². The van der Waals surface area contributed by atoms with Gasteiger partial charge in [-0.3, -0.25) is 14.4 Å². The van der Waals surface area contributed by atoms with E-state index in [1.165, 1.54) is 0 Å². The van der Waals surface area contributed by atoms with Crippen LogP contribution in [0.15, 0.2) is 24.3 Å². The lowest BCUT2D eigenvalue weighted by molar-refractivity contribution is -0.175. The van der Waals surface area contributed by atoms with Gasteiger partial charge in [0.1, 0.15) is 5.75 Å². The van der Waals surface area contributed by atoms with Gasteiger partial charge in [0, 0.05) is 51.4 Å². The first-order valence-corrected chi connectivity index (χ1v) is 11.0. The van der Waals surface area contributed by atoms with E-state index in [2.05, 4.69) is 12.2 Å². The van der Waals surface area contributed by atoms with Crippen LogP contribution in [0.4, 0.5) is 0 Å². The number of hydrogen-bond acceptors (Lipinski definition) is 4. The third-order valence-corrected chi connectivity index (χ3v) is 7.83. The fraction of sp³-hybridized carbons (Fsp3) is 0.609. The van der Waals surface area contributed by atoms with Gasteiger partial charge in [-0.15, -0.1) is 0 Å². The molecular weight excluding hydrogens is 382 g/mol. The number of nitrogens with zero attached hydrogens (tertiary/aromatic N) is 2. The van der Waals surface area contributed by atoms with E-state index >= 15 is 0 Å². The van der Waals surface area contributed by atoms with Crippen molar-refractivity contribution in [2.24, 2.45) is 17.3 Å². The summed E-state index contributed by atoms with van der Waals surface area (Å²) in [7, 11) is 0. The molecule has 1 aromatic carbocycles. The molecule has 3 amide bonds. The van der Waals surface area contributed by atoms with Crippen LogP contribution >= 0.6 is 0 Å². The molecule has 4 unspecified atom stereocenters. The number of amides is 3. The minimum absolute atomic E-state index is 0.0663. The van der Waals surface area contributed by atoms with Crippen molar-refractivity contribution in [1.29, 1.82) is 0 Å². The summed E-state index contributed by atoms with van der Waals surface area (Å²) in [4.78, 5) is 41.6. The Bertz CT molecular complexity index is 909. The molecule has 2 aliphatic heterocycles. The minimum Gasteiger partial charge on any atom is -0.467 e. The summed E-state index contributed by atoms with van der Waals surface area (Å²) in [6, 6.07) is 7.38. The highest BCUT2D eigenvalue weighted by Crippen LogP contribution is 2.59. The van der Waals surface area contributed by atoms with Gasteiger partial charge in [-0.1, -0.05) is 19.1 Å². The summed E-state index contributed by atoms with van der Waals surface area (Å²) < 4.78 is 6.44.